The Morgan fingerprint density at radius 1 is 1.11 bits per heavy atom. The molecule has 0 fully saturated rings. The van der Waals surface area contributed by atoms with Gasteiger partial charge in [0.2, 0.25) is 0 Å². The van der Waals surface area contributed by atoms with Crippen molar-refractivity contribution >= 4 is 41.2 Å². The van der Waals surface area contributed by atoms with E-state index >= 15 is 0 Å². The Kier molecular flexibility index (Phi) is 9.35. The zero-order valence-corrected chi connectivity index (χ0v) is 27.2. The number of nitrogens with zero attached hydrogens (tertiary/aromatic N) is 1. The minimum absolute atomic E-state index is 0.106. The number of hydrogen-bond acceptors (Lipinski definition) is 8. The Morgan fingerprint density at radius 3 is 2.43 bits per heavy atom. The van der Waals surface area contributed by atoms with E-state index in [4.69, 9.17) is 9.73 Å². The minimum atomic E-state index is -1.29. The molecule has 0 radical (unpaired) electrons. The molecule has 1 amide bonds. The number of methoxy groups -OCH3 is 1. The van der Waals surface area contributed by atoms with Crippen molar-refractivity contribution in [2.75, 3.05) is 13.7 Å². The molecule has 3 aliphatic rings. The van der Waals surface area contributed by atoms with Crippen molar-refractivity contribution in [3.63, 3.8) is 0 Å². The van der Waals surface area contributed by atoms with Gasteiger partial charge in [0.15, 0.2) is 12.1 Å². The van der Waals surface area contributed by atoms with Crippen molar-refractivity contribution in [2.24, 2.45) is 22.7 Å². The third-order valence-corrected chi connectivity index (χ3v) is 10.0. The van der Waals surface area contributed by atoms with E-state index in [-0.39, 0.29) is 37.3 Å². The molecule has 12 heteroatoms. The highest BCUT2D eigenvalue weighted by Gasteiger charge is 2.48. The Morgan fingerprint density at radius 2 is 1.83 bits per heavy atom. The van der Waals surface area contributed by atoms with Crippen LogP contribution in [0.1, 0.15) is 87.7 Å². The van der Waals surface area contributed by atoms with Crippen LogP contribution in [0.4, 0.5) is 0 Å². The van der Waals surface area contributed by atoms with Gasteiger partial charge in [-0.05, 0) is 55.9 Å². The van der Waals surface area contributed by atoms with Crippen LogP contribution in [0.2, 0.25) is 0 Å². The van der Waals surface area contributed by atoms with Gasteiger partial charge in [-0.15, -0.1) is 0 Å². The first kappa shape index (κ1) is 33.5. The number of allylic oxidation sites excluding steroid dienone is 1. The molecular formula is C35H40N4O8. The number of carbonyl (C=O) groups excluding carboxylic acids is 4. The lowest BCUT2D eigenvalue weighted by atomic mass is 9.82. The second kappa shape index (κ2) is 13.1. The van der Waals surface area contributed by atoms with Crippen LogP contribution in [-0.2, 0) is 32.0 Å². The monoisotopic (exact) mass is 644 g/mol. The first-order chi connectivity index (χ1) is 22.4. The van der Waals surface area contributed by atoms with Gasteiger partial charge in [0, 0.05) is 71.5 Å². The number of aliphatic hydroxyl groups is 1. The summed E-state index contributed by atoms with van der Waals surface area (Å²) >= 11 is 0. The summed E-state index contributed by atoms with van der Waals surface area (Å²) in [6.45, 7) is 11.0. The zero-order chi connectivity index (χ0) is 34.3. The van der Waals surface area contributed by atoms with Gasteiger partial charge in [-0.1, -0.05) is 19.6 Å². The number of esters is 1. The smallest absolute Gasteiger partial charge is 0.321 e. The number of fused-ring (bicyclic) bond motifs is 1. The number of ketones is 1. The lowest BCUT2D eigenvalue weighted by molar-refractivity contribution is -0.142. The molecule has 1 aliphatic carbocycles. The number of carbonyl (C=O) groups is 5. The van der Waals surface area contributed by atoms with E-state index < -0.39 is 29.6 Å². The average Bonchev–Trinajstić information content (AvgIpc) is 3.77. The van der Waals surface area contributed by atoms with Crippen LogP contribution in [0.25, 0.3) is 5.57 Å². The van der Waals surface area contributed by atoms with Crippen molar-refractivity contribution in [1.82, 2.24) is 15.3 Å². The topological polar surface area (TPSA) is 191 Å². The first-order valence-electron chi connectivity index (χ1n) is 15.7. The zero-order valence-electron chi connectivity index (χ0n) is 27.2. The highest BCUT2D eigenvalue weighted by molar-refractivity contribution is 6.24. The number of rotatable bonds is 12. The molecule has 0 unspecified atom stereocenters. The largest absolute Gasteiger partial charge is 0.481 e. The number of H-pyrrole nitrogens is 2. The number of aliphatic hydroxyl groups excluding tert-OH is 1. The Bertz CT molecular complexity index is 1800. The predicted molar refractivity (Wildman–Crippen MR) is 173 cm³/mol. The molecule has 5 N–H and O–H groups in total. The van der Waals surface area contributed by atoms with Gasteiger partial charge >= 0.3 is 11.9 Å². The van der Waals surface area contributed by atoms with Crippen LogP contribution in [0.3, 0.4) is 0 Å². The predicted octanol–water partition coefficient (Wildman–Crippen LogP) is 3.56. The second-order valence-corrected chi connectivity index (χ2v) is 12.4. The van der Waals surface area contributed by atoms with E-state index in [1.807, 2.05) is 20.8 Å². The molecule has 5 rings (SSSR count). The van der Waals surface area contributed by atoms with Gasteiger partial charge in [0.25, 0.3) is 5.91 Å². The Balaban J connectivity index is 1.66. The molecule has 0 aromatic carbocycles. The number of carboxylic acid groups (broad SMARTS) is 1. The molecule has 12 nitrogen and oxygen atoms in total. The van der Waals surface area contributed by atoms with Crippen molar-refractivity contribution in [2.45, 2.75) is 65.8 Å². The summed E-state index contributed by atoms with van der Waals surface area (Å²) in [6.07, 6.45) is 3.33. The summed E-state index contributed by atoms with van der Waals surface area (Å²) in [4.78, 5) is 74.7. The Hall–Kier alpha value is -4.84. The highest BCUT2D eigenvalue weighted by Crippen LogP contribution is 2.48. The van der Waals surface area contributed by atoms with Crippen LogP contribution >= 0.6 is 0 Å². The maximum atomic E-state index is 14.0. The number of aliphatic carboxylic acids is 1. The molecule has 0 saturated heterocycles. The third-order valence-electron chi connectivity index (χ3n) is 10.0. The van der Waals surface area contributed by atoms with Gasteiger partial charge in [-0.2, -0.15) is 0 Å². The molecule has 0 bridgehead atoms. The lowest BCUT2D eigenvalue weighted by Crippen LogP contribution is -2.32. The fourth-order valence-electron chi connectivity index (χ4n) is 7.33. The fourth-order valence-corrected chi connectivity index (χ4v) is 7.33. The van der Waals surface area contributed by atoms with Gasteiger partial charge in [0.05, 0.1) is 30.2 Å². The summed E-state index contributed by atoms with van der Waals surface area (Å²) in [5.74, 6) is -4.33. The van der Waals surface area contributed by atoms with Crippen LogP contribution in [0.5, 0.6) is 0 Å². The van der Waals surface area contributed by atoms with Gasteiger partial charge in [-0.25, -0.2) is 0 Å². The van der Waals surface area contributed by atoms with Crippen LogP contribution in [-0.4, -0.2) is 75.6 Å². The first-order valence-corrected chi connectivity index (χ1v) is 15.7. The maximum absolute atomic E-state index is 14.0. The van der Waals surface area contributed by atoms with E-state index in [1.165, 1.54) is 13.2 Å². The molecule has 2 aromatic heterocycles. The number of Topliss-reactive ketones (excluding diaryl/α,β-unsaturated/α-hetero) is 1. The van der Waals surface area contributed by atoms with Crippen molar-refractivity contribution in [3.8, 4) is 0 Å². The quantitative estimate of drug-likeness (QED) is 0.132. The molecule has 4 atom stereocenters. The van der Waals surface area contributed by atoms with Gasteiger partial charge in [0.1, 0.15) is 5.92 Å². The van der Waals surface area contributed by atoms with Crippen LogP contribution < -0.4 is 5.32 Å². The number of hydrogen-bond donors (Lipinski definition) is 5. The standard InChI is InChI=1S/C35H40N4O8/c1-7-19-15(2)23(39-34(19)45)12-22-17(4)21(8-9-27(42)43)31(37-22)29-30(35(46)47-6)33(44)28-18(5)24(38-32(28)29)13-25-20(10-11-40)16(3)26(14-41)36-25/h7,14,17,21,23,30,36,38,40H,1,8-13H2,2-6H3,(H,39,45)(H,42,43)/t17-,21-,23+,30+/m0/s1. The van der Waals surface area contributed by atoms with E-state index in [9.17, 15) is 34.2 Å². The van der Waals surface area contributed by atoms with E-state index in [2.05, 4.69) is 21.9 Å². The number of aromatic nitrogens is 2. The molecule has 47 heavy (non-hydrogen) atoms. The maximum Gasteiger partial charge on any atom is 0.321 e. The lowest BCUT2D eigenvalue weighted by Gasteiger charge is -2.21. The van der Waals surface area contributed by atoms with Gasteiger partial charge < -0.3 is 30.2 Å². The molecule has 2 aliphatic heterocycles. The summed E-state index contributed by atoms with van der Waals surface area (Å²) < 4.78 is 5.10. The SMILES string of the molecule is C=CC1=C(C)[C@@H](CC2=NC(=C3c4[nH]c(Cc5[nH]c(C=O)c(C)c5CCO)c(C)c4C(=O)[C@@H]3C(=O)OC)[C@@H](CCC(=O)O)[C@@H]2C)NC1=O. The van der Waals surface area contributed by atoms with Crippen LogP contribution in [0.15, 0.2) is 34.5 Å². The summed E-state index contributed by atoms with van der Waals surface area (Å²) in [7, 11) is 1.22. The van der Waals surface area contributed by atoms with Crippen molar-refractivity contribution in [3.05, 3.63) is 74.5 Å². The summed E-state index contributed by atoms with van der Waals surface area (Å²) in [6, 6.07) is -0.327. The normalized spacial score (nSPS) is 23.7. The number of aliphatic imine (C=N–C) groups is 1. The van der Waals surface area contributed by atoms with E-state index in [0.29, 0.717) is 64.3 Å². The van der Waals surface area contributed by atoms with Gasteiger partial charge in [-0.3, -0.25) is 29.0 Å². The second-order valence-electron chi connectivity index (χ2n) is 12.4. The van der Waals surface area contributed by atoms with Crippen molar-refractivity contribution < 1.29 is 38.9 Å². The number of amides is 1. The molecular weight excluding hydrogens is 604 g/mol. The molecule has 0 spiro atoms. The van der Waals surface area contributed by atoms with Crippen LogP contribution in [0, 0.1) is 31.6 Å². The molecule has 248 valence electrons. The third kappa shape index (κ3) is 5.71. The summed E-state index contributed by atoms with van der Waals surface area (Å²) in [5, 5.41) is 22.2. The van der Waals surface area contributed by atoms with Crippen molar-refractivity contribution in [1.29, 1.82) is 0 Å². The fraction of sp³-hybridized carbons (Fsp3) is 0.429. The Labute approximate surface area is 272 Å². The molecule has 0 saturated carbocycles. The average molecular weight is 645 g/mol. The number of aldehydes is 1. The van der Waals surface area contributed by atoms with E-state index in [0.717, 1.165) is 34.4 Å². The molecule has 2 aromatic rings. The molecule has 4 heterocycles. The summed E-state index contributed by atoms with van der Waals surface area (Å²) in [5.41, 5.74) is 7.68. The number of carboxylic acids is 1. The van der Waals surface area contributed by atoms with E-state index in [1.54, 1.807) is 6.92 Å². The highest BCUT2D eigenvalue weighted by atomic mass is 16.5. The number of nitrogens with one attached hydrogen (secondary N) is 3. The number of ether oxygens (including phenoxy) is 1. The minimum Gasteiger partial charge on any atom is -0.481 e. The number of aromatic amines is 2.